The van der Waals surface area contributed by atoms with E-state index in [-0.39, 0.29) is 5.91 Å². The van der Waals surface area contributed by atoms with Crippen molar-refractivity contribution in [2.45, 2.75) is 6.42 Å². The van der Waals surface area contributed by atoms with Gasteiger partial charge in [0.1, 0.15) is 0 Å². The van der Waals surface area contributed by atoms with E-state index in [2.05, 4.69) is 11.0 Å². The van der Waals surface area contributed by atoms with E-state index in [1.54, 1.807) is 24.3 Å². The van der Waals surface area contributed by atoms with E-state index in [4.69, 9.17) is 16.9 Å². The Morgan fingerprint density at radius 1 is 1.21 bits per heavy atom. The number of carbonyl (C=O) groups excluding carboxylic acids is 1. The number of rotatable bonds is 3. The molecule has 0 saturated carbocycles. The predicted molar refractivity (Wildman–Crippen MR) is 74.0 cm³/mol. The molecule has 1 aromatic carbocycles. The Labute approximate surface area is 118 Å². The lowest BCUT2D eigenvalue weighted by molar-refractivity contribution is 0.0640. The quantitative estimate of drug-likeness (QED) is 0.849. The van der Waals surface area contributed by atoms with Gasteiger partial charge in [-0.05, 0) is 24.3 Å². The van der Waals surface area contributed by atoms with E-state index >= 15 is 0 Å². The first-order valence-electron chi connectivity index (χ1n) is 6.35. The predicted octanol–water partition coefficient (Wildman–Crippen LogP) is 2.01. The number of benzene rings is 1. The summed E-state index contributed by atoms with van der Waals surface area (Å²) in [6.07, 6.45) is 0.547. The van der Waals surface area contributed by atoms with Gasteiger partial charge in [-0.3, -0.25) is 9.69 Å². The van der Waals surface area contributed by atoms with E-state index in [1.807, 2.05) is 4.90 Å². The second-order valence-corrected chi connectivity index (χ2v) is 4.99. The van der Waals surface area contributed by atoms with Gasteiger partial charge in [0.25, 0.3) is 5.91 Å². The molecule has 1 aromatic rings. The van der Waals surface area contributed by atoms with Crippen LogP contribution in [-0.2, 0) is 0 Å². The summed E-state index contributed by atoms with van der Waals surface area (Å²) in [4.78, 5) is 16.3. The van der Waals surface area contributed by atoms with Crippen LogP contribution in [0.2, 0.25) is 5.02 Å². The minimum absolute atomic E-state index is 0.0524. The summed E-state index contributed by atoms with van der Waals surface area (Å²) < 4.78 is 0. The van der Waals surface area contributed by atoms with Gasteiger partial charge in [-0.15, -0.1) is 0 Å². The molecule has 1 heterocycles. The van der Waals surface area contributed by atoms with Crippen LogP contribution in [0, 0.1) is 11.3 Å². The molecule has 1 aliphatic heterocycles. The van der Waals surface area contributed by atoms with Gasteiger partial charge in [0, 0.05) is 49.7 Å². The zero-order valence-electron chi connectivity index (χ0n) is 10.7. The Bertz CT molecular complexity index is 472. The molecule has 0 N–H and O–H groups in total. The van der Waals surface area contributed by atoms with E-state index in [9.17, 15) is 4.79 Å². The average molecular weight is 278 g/mol. The summed E-state index contributed by atoms with van der Waals surface area (Å²) in [6.45, 7) is 3.89. The van der Waals surface area contributed by atoms with E-state index in [1.165, 1.54) is 0 Å². The zero-order valence-corrected chi connectivity index (χ0v) is 11.4. The highest BCUT2D eigenvalue weighted by Crippen LogP contribution is 2.13. The van der Waals surface area contributed by atoms with E-state index in [0.717, 1.165) is 19.6 Å². The van der Waals surface area contributed by atoms with Crippen molar-refractivity contribution in [1.82, 2.24) is 9.80 Å². The van der Waals surface area contributed by atoms with Gasteiger partial charge in [-0.25, -0.2) is 0 Å². The summed E-state index contributed by atoms with van der Waals surface area (Å²) in [7, 11) is 0. The number of hydrogen-bond donors (Lipinski definition) is 0. The summed E-state index contributed by atoms with van der Waals surface area (Å²) in [5.74, 6) is 0.0524. The molecule has 0 aromatic heterocycles. The molecular formula is C14H16ClN3O. The number of nitriles is 1. The fourth-order valence-corrected chi connectivity index (χ4v) is 2.28. The molecule has 0 aliphatic carbocycles. The molecular weight excluding hydrogens is 262 g/mol. The Balaban J connectivity index is 1.89. The Hall–Kier alpha value is -1.57. The van der Waals surface area contributed by atoms with Crippen molar-refractivity contribution >= 4 is 17.5 Å². The maximum Gasteiger partial charge on any atom is 0.253 e. The van der Waals surface area contributed by atoms with Crippen LogP contribution in [0.5, 0.6) is 0 Å². The third-order valence-electron chi connectivity index (χ3n) is 3.29. The second-order valence-electron chi connectivity index (χ2n) is 4.55. The lowest BCUT2D eigenvalue weighted by Crippen LogP contribution is -2.48. The van der Waals surface area contributed by atoms with Crippen LogP contribution >= 0.6 is 11.6 Å². The molecule has 0 bridgehead atoms. The molecule has 5 heteroatoms. The van der Waals surface area contributed by atoms with Gasteiger partial charge < -0.3 is 4.90 Å². The first-order valence-corrected chi connectivity index (χ1v) is 6.72. The Morgan fingerprint density at radius 2 is 1.84 bits per heavy atom. The van der Waals surface area contributed by atoms with Crippen LogP contribution in [-0.4, -0.2) is 48.4 Å². The van der Waals surface area contributed by atoms with Crippen molar-refractivity contribution < 1.29 is 4.79 Å². The number of hydrogen-bond acceptors (Lipinski definition) is 3. The van der Waals surface area contributed by atoms with Crippen LogP contribution in [0.3, 0.4) is 0 Å². The topological polar surface area (TPSA) is 47.3 Å². The zero-order chi connectivity index (χ0) is 13.7. The minimum Gasteiger partial charge on any atom is -0.336 e. The lowest BCUT2D eigenvalue weighted by Gasteiger charge is -2.34. The lowest BCUT2D eigenvalue weighted by atomic mass is 10.2. The summed E-state index contributed by atoms with van der Waals surface area (Å²) in [5, 5.41) is 9.19. The molecule has 1 saturated heterocycles. The van der Waals surface area contributed by atoms with Gasteiger partial charge in [0.15, 0.2) is 0 Å². The fourth-order valence-electron chi connectivity index (χ4n) is 2.16. The standard InChI is InChI=1S/C14H16ClN3O/c15-13-4-2-12(3-5-13)14(19)18-10-8-17(9-11-18)7-1-6-16/h2-5H,1,7-11H2. The van der Waals surface area contributed by atoms with Gasteiger partial charge in [0.05, 0.1) is 6.07 Å². The number of amides is 1. The first-order chi connectivity index (χ1) is 9.20. The molecule has 0 unspecified atom stereocenters. The second kappa shape index (κ2) is 6.55. The summed E-state index contributed by atoms with van der Waals surface area (Å²) in [5.41, 5.74) is 0.676. The molecule has 1 amide bonds. The largest absolute Gasteiger partial charge is 0.336 e. The number of nitrogens with zero attached hydrogens (tertiary/aromatic N) is 3. The normalized spacial score (nSPS) is 16.1. The highest BCUT2D eigenvalue weighted by atomic mass is 35.5. The number of carbonyl (C=O) groups is 1. The smallest absolute Gasteiger partial charge is 0.253 e. The minimum atomic E-state index is 0.0524. The van der Waals surface area contributed by atoms with Crippen molar-refractivity contribution in [2.75, 3.05) is 32.7 Å². The van der Waals surface area contributed by atoms with Crippen LogP contribution in [0.25, 0.3) is 0 Å². The fraction of sp³-hybridized carbons (Fsp3) is 0.429. The third-order valence-corrected chi connectivity index (χ3v) is 3.54. The van der Waals surface area contributed by atoms with Gasteiger partial charge >= 0.3 is 0 Å². The average Bonchev–Trinajstić information content (AvgIpc) is 2.46. The van der Waals surface area contributed by atoms with Crippen molar-refractivity contribution in [3.8, 4) is 6.07 Å². The van der Waals surface area contributed by atoms with Gasteiger partial charge in [0.2, 0.25) is 0 Å². The highest BCUT2D eigenvalue weighted by molar-refractivity contribution is 6.30. The molecule has 100 valence electrons. The van der Waals surface area contributed by atoms with Gasteiger partial charge in [-0.2, -0.15) is 5.26 Å². The Kier molecular flexibility index (Phi) is 4.78. The molecule has 0 atom stereocenters. The molecule has 0 radical (unpaired) electrons. The molecule has 1 fully saturated rings. The molecule has 4 nitrogen and oxygen atoms in total. The van der Waals surface area contributed by atoms with Crippen molar-refractivity contribution in [3.63, 3.8) is 0 Å². The van der Waals surface area contributed by atoms with Crippen molar-refractivity contribution in [1.29, 1.82) is 5.26 Å². The van der Waals surface area contributed by atoms with Crippen LogP contribution in [0.1, 0.15) is 16.8 Å². The third kappa shape index (κ3) is 3.69. The van der Waals surface area contributed by atoms with Crippen molar-refractivity contribution in [2.24, 2.45) is 0 Å². The SMILES string of the molecule is N#CCCN1CCN(C(=O)c2ccc(Cl)cc2)CC1. The molecule has 2 rings (SSSR count). The number of halogens is 1. The molecule has 0 spiro atoms. The monoisotopic (exact) mass is 277 g/mol. The maximum absolute atomic E-state index is 12.2. The van der Waals surface area contributed by atoms with Crippen molar-refractivity contribution in [3.05, 3.63) is 34.9 Å². The maximum atomic E-state index is 12.2. The molecule has 19 heavy (non-hydrogen) atoms. The summed E-state index contributed by atoms with van der Waals surface area (Å²) in [6, 6.07) is 9.13. The number of piperazine rings is 1. The van der Waals surface area contributed by atoms with Crippen LogP contribution in [0.15, 0.2) is 24.3 Å². The highest BCUT2D eigenvalue weighted by Gasteiger charge is 2.21. The molecule has 1 aliphatic rings. The van der Waals surface area contributed by atoms with Crippen LogP contribution in [0.4, 0.5) is 0 Å². The van der Waals surface area contributed by atoms with Gasteiger partial charge in [-0.1, -0.05) is 11.6 Å². The van der Waals surface area contributed by atoms with Crippen LogP contribution < -0.4 is 0 Å². The Morgan fingerprint density at radius 3 is 2.42 bits per heavy atom. The van der Waals surface area contributed by atoms with E-state index in [0.29, 0.717) is 30.1 Å². The first kappa shape index (κ1) is 13.9. The summed E-state index contributed by atoms with van der Waals surface area (Å²) >= 11 is 5.81. The van der Waals surface area contributed by atoms with E-state index < -0.39 is 0 Å².